The normalized spacial score (nSPS) is 28.3. The first-order valence-corrected chi connectivity index (χ1v) is 8.65. The van der Waals surface area contributed by atoms with E-state index in [1.54, 1.807) is 12.0 Å². The fraction of sp³-hybridized carbons (Fsp3) is 0.556. The Labute approximate surface area is 152 Å². The van der Waals surface area contributed by atoms with E-state index in [4.69, 9.17) is 9.47 Å². The van der Waals surface area contributed by atoms with Crippen LogP contribution in [0.1, 0.15) is 24.4 Å². The number of carbonyl (C=O) groups is 2. The van der Waals surface area contributed by atoms with Gasteiger partial charge < -0.3 is 19.5 Å². The first kappa shape index (κ1) is 18.6. The van der Waals surface area contributed by atoms with Gasteiger partial charge in [0.15, 0.2) is 0 Å². The molecule has 0 spiro atoms. The average molecular weight is 363 g/mol. The molecule has 0 saturated carbocycles. The lowest BCUT2D eigenvalue weighted by molar-refractivity contribution is -0.151. The molecule has 1 aromatic carbocycles. The van der Waals surface area contributed by atoms with Crippen molar-refractivity contribution in [2.24, 2.45) is 5.41 Å². The Morgan fingerprint density at radius 3 is 2.62 bits per heavy atom. The minimum Gasteiger partial charge on any atom is -0.497 e. The molecule has 0 bridgehead atoms. The number of carboxylic acids is 1. The highest BCUT2D eigenvalue weighted by Gasteiger charge is 2.48. The van der Waals surface area contributed by atoms with Gasteiger partial charge in [-0.2, -0.15) is 0 Å². The highest BCUT2D eigenvalue weighted by atomic mass is 16.5. The Hall–Kier alpha value is -2.16. The SMILES string of the molecule is COCC1(C(=O)O)CCN(C(=O)C2CC(c3ccc(OC)cc3)NN2)C1. The number of hydrogen-bond donors (Lipinski definition) is 3. The molecule has 2 saturated heterocycles. The van der Waals surface area contributed by atoms with Crippen molar-refractivity contribution < 1.29 is 24.2 Å². The summed E-state index contributed by atoms with van der Waals surface area (Å²) in [6.45, 7) is 0.719. The summed E-state index contributed by atoms with van der Waals surface area (Å²) in [5.41, 5.74) is 6.26. The van der Waals surface area contributed by atoms with Gasteiger partial charge >= 0.3 is 5.97 Å². The summed E-state index contributed by atoms with van der Waals surface area (Å²) in [5.74, 6) is -0.205. The number of nitrogens with zero attached hydrogens (tertiary/aromatic N) is 1. The molecule has 8 heteroatoms. The summed E-state index contributed by atoms with van der Waals surface area (Å²) in [6.07, 6.45) is 1.01. The quantitative estimate of drug-likeness (QED) is 0.679. The Morgan fingerprint density at radius 2 is 2.00 bits per heavy atom. The van der Waals surface area contributed by atoms with Crippen LogP contribution in [0.2, 0.25) is 0 Å². The summed E-state index contributed by atoms with van der Waals surface area (Å²) in [6, 6.07) is 7.34. The average Bonchev–Trinajstić information content (AvgIpc) is 3.30. The second-order valence-electron chi connectivity index (χ2n) is 6.93. The molecule has 3 N–H and O–H groups in total. The van der Waals surface area contributed by atoms with Crippen LogP contribution in [-0.2, 0) is 14.3 Å². The maximum absolute atomic E-state index is 12.8. The van der Waals surface area contributed by atoms with Crippen LogP contribution in [0.15, 0.2) is 24.3 Å². The smallest absolute Gasteiger partial charge is 0.313 e. The summed E-state index contributed by atoms with van der Waals surface area (Å²) >= 11 is 0. The molecule has 2 fully saturated rings. The van der Waals surface area contributed by atoms with E-state index >= 15 is 0 Å². The highest BCUT2D eigenvalue weighted by Crippen LogP contribution is 2.33. The number of likely N-dealkylation sites (tertiary alicyclic amines) is 1. The topological polar surface area (TPSA) is 100 Å². The zero-order chi connectivity index (χ0) is 18.7. The highest BCUT2D eigenvalue weighted by molar-refractivity contribution is 5.84. The molecule has 2 aliphatic rings. The number of ether oxygens (including phenoxy) is 2. The van der Waals surface area contributed by atoms with Crippen LogP contribution in [0.25, 0.3) is 0 Å². The maximum Gasteiger partial charge on any atom is 0.313 e. The van der Waals surface area contributed by atoms with Crippen molar-refractivity contribution in [3.63, 3.8) is 0 Å². The van der Waals surface area contributed by atoms with Crippen LogP contribution >= 0.6 is 0 Å². The summed E-state index contributed by atoms with van der Waals surface area (Å²) < 4.78 is 10.2. The zero-order valence-electron chi connectivity index (χ0n) is 15.0. The van der Waals surface area contributed by atoms with E-state index in [2.05, 4.69) is 10.9 Å². The molecule has 8 nitrogen and oxygen atoms in total. The maximum atomic E-state index is 12.8. The largest absolute Gasteiger partial charge is 0.497 e. The Bertz CT molecular complexity index is 665. The first-order chi connectivity index (χ1) is 12.5. The Morgan fingerprint density at radius 1 is 1.27 bits per heavy atom. The Kier molecular flexibility index (Phi) is 5.45. The summed E-state index contributed by atoms with van der Waals surface area (Å²) in [7, 11) is 3.10. The molecule has 26 heavy (non-hydrogen) atoms. The summed E-state index contributed by atoms with van der Waals surface area (Å²) in [4.78, 5) is 26.1. The molecule has 0 radical (unpaired) electrons. The molecular formula is C18H25N3O5. The van der Waals surface area contributed by atoms with Gasteiger partial charge in [0.2, 0.25) is 5.91 Å². The van der Waals surface area contributed by atoms with Crippen molar-refractivity contribution in [2.45, 2.75) is 24.9 Å². The van der Waals surface area contributed by atoms with Gasteiger partial charge in [0.25, 0.3) is 0 Å². The third kappa shape index (κ3) is 3.53. The number of nitrogens with one attached hydrogen (secondary N) is 2. The molecule has 1 aromatic rings. The third-order valence-electron chi connectivity index (χ3n) is 5.26. The van der Waals surface area contributed by atoms with Gasteiger partial charge in [0, 0.05) is 26.2 Å². The van der Waals surface area contributed by atoms with Gasteiger partial charge in [-0.25, -0.2) is 10.9 Å². The number of carbonyl (C=O) groups excluding carboxylic acids is 1. The zero-order valence-corrected chi connectivity index (χ0v) is 15.0. The number of amides is 1. The van der Waals surface area contributed by atoms with E-state index in [1.165, 1.54) is 7.11 Å². The van der Waals surface area contributed by atoms with Crippen LogP contribution in [0.4, 0.5) is 0 Å². The lowest BCUT2D eigenvalue weighted by atomic mass is 9.88. The van der Waals surface area contributed by atoms with Crippen LogP contribution in [0.3, 0.4) is 0 Å². The van der Waals surface area contributed by atoms with Crippen molar-refractivity contribution in [3.05, 3.63) is 29.8 Å². The van der Waals surface area contributed by atoms with Crippen LogP contribution in [-0.4, -0.2) is 61.8 Å². The fourth-order valence-electron chi connectivity index (χ4n) is 3.68. The van der Waals surface area contributed by atoms with Gasteiger partial charge in [-0.15, -0.1) is 0 Å². The lowest BCUT2D eigenvalue weighted by Crippen LogP contribution is -2.47. The van der Waals surface area contributed by atoms with E-state index in [1.807, 2.05) is 24.3 Å². The van der Waals surface area contributed by atoms with E-state index in [0.717, 1.165) is 11.3 Å². The van der Waals surface area contributed by atoms with Gasteiger partial charge in [-0.1, -0.05) is 12.1 Å². The second-order valence-corrected chi connectivity index (χ2v) is 6.93. The van der Waals surface area contributed by atoms with Crippen molar-refractivity contribution in [3.8, 4) is 5.75 Å². The second kappa shape index (κ2) is 7.61. The van der Waals surface area contributed by atoms with Crippen LogP contribution < -0.4 is 15.6 Å². The van der Waals surface area contributed by atoms with Crippen molar-refractivity contribution in [1.29, 1.82) is 0 Å². The number of rotatable bonds is 6. The number of hydrogen-bond acceptors (Lipinski definition) is 6. The van der Waals surface area contributed by atoms with Gasteiger partial charge in [0.1, 0.15) is 17.2 Å². The predicted molar refractivity (Wildman–Crippen MR) is 93.6 cm³/mol. The van der Waals surface area contributed by atoms with Crippen molar-refractivity contribution in [1.82, 2.24) is 15.8 Å². The predicted octanol–water partition coefficient (Wildman–Crippen LogP) is 0.553. The minimum absolute atomic E-state index is 0.0145. The molecule has 1 amide bonds. The van der Waals surface area contributed by atoms with Gasteiger partial charge in [0.05, 0.1) is 13.7 Å². The number of methoxy groups -OCH3 is 2. The van der Waals surface area contributed by atoms with E-state index in [-0.39, 0.29) is 31.1 Å². The molecule has 2 aliphatic heterocycles. The number of aliphatic carboxylic acids is 1. The monoisotopic (exact) mass is 363 g/mol. The molecule has 3 atom stereocenters. The first-order valence-electron chi connectivity index (χ1n) is 8.65. The molecule has 3 unspecified atom stereocenters. The number of carboxylic acid groups (broad SMARTS) is 1. The summed E-state index contributed by atoms with van der Waals surface area (Å²) in [5, 5.41) is 9.54. The molecule has 0 aliphatic carbocycles. The van der Waals surface area contributed by atoms with Crippen LogP contribution in [0, 0.1) is 5.41 Å². The fourth-order valence-corrected chi connectivity index (χ4v) is 3.68. The van der Waals surface area contributed by atoms with Crippen molar-refractivity contribution in [2.75, 3.05) is 33.9 Å². The van der Waals surface area contributed by atoms with E-state index < -0.39 is 11.4 Å². The van der Waals surface area contributed by atoms with Crippen LogP contribution in [0.5, 0.6) is 5.75 Å². The third-order valence-corrected chi connectivity index (χ3v) is 5.26. The minimum atomic E-state index is -1.01. The number of benzene rings is 1. The number of hydrazine groups is 1. The van der Waals surface area contributed by atoms with Crippen molar-refractivity contribution >= 4 is 11.9 Å². The van der Waals surface area contributed by atoms with E-state index in [9.17, 15) is 14.7 Å². The molecule has 3 rings (SSSR count). The molecular weight excluding hydrogens is 338 g/mol. The van der Waals surface area contributed by atoms with E-state index in [0.29, 0.717) is 19.4 Å². The van der Waals surface area contributed by atoms with Gasteiger partial charge in [-0.05, 0) is 30.5 Å². The molecule has 2 heterocycles. The molecule has 142 valence electrons. The molecule has 0 aromatic heterocycles. The standard InChI is InChI=1S/C18H25N3O5/c1-25-11-18(17(23)24)7-8-21(10-18)16(22)15-9-14(19-20-15)12-3-5-13(26-2)6-4-12/h3-6,14-15,19-20H,7-11H2,1-2H3,(H,23,24). The Balaban J connectivity index is 1.62. The van der Waals surface area contributed by atoms with Gasteiger partial charge in [-0.3, -0.25) is 9.59 Å². The lowest BCUT2D eigenvalue weighted by Gasteiger charge is -2.25.